The fourth-order valence-electron chi connectivity index (χ4n) is 1.44. The van der Waals surface area contributed by atoms with Crippen LogP contribution >= 0.6 is 15.9 Å². The van der Waals surface area contributed by atoms with E-state index in [1.165, 1.54) is 0 Å². The Morgan fingerprint density at radius 3 is 1.83 bits per heavy atom. The molecule has 0 bridgehead atoms. The van der Waals surface area contributed by atoms with Crippen molar-refractivity contribution < 1.29 is 22.8 Å². The Morgan fingerprint density at radius 2 is 1.48 bits per heavy atom. The highest BCUT2D eigenvalue weighted by atomic mass is 79.9. The normalized spacial score (nSPS) is 9.96. The standard InChI is InChI=1S/C8H7BrO.C8H5F3O.CH4/c1-6(10)7-2-4-8(9)5-3-7;9-8(10,11)7-3-1-6(5-12)2-4-7;/h2-5H,1H3;1-5H;1H4. The van der Waals surface area contributed by atoms with E-state index in [0.29, 0.717) is 6.29 Å². The fraction of sp³-hybridized carbons (Fsp3) is 0.176. The van der Waals surface area contributed by atoms with Gasteiger partial charge in [0, 0.05) is 15.6 Å². The number of halogens is 4. The average Bonchev–Trinajstić information content (AvgIpc) is 2.47. The third-order valence-electron chi connectivity index (χ3n) is 2.62. The first kappa shape index (κ1) is 21.0. The number of rotatable bonds is 2. The summed E-state index contributed by atoms with van der Waals surface area (Å²) in [6.45, 7) is 1.56. The van der Waals surface area contributed by atoms with Crippen molar-refractivity contribution in [2.45, 2.75) is 20.5 Å². The van der Waals surface area contributed by atoms with Crippen LogP contribution in [-0.2, 0) is 6.18 Å². The maximum absolute atomic E-state index is 11.9. The van der Waals surface area contributed by atoms with Crippen LogP contribution in [0.1, 0.15) is 40.6 Å². The number of benzene rings is 2. The highest BCUT2D eigenvalue weighted by Gasteiger charge is 2.29. The number of Topliss-reactive ketones (excluding diaryl/α,β-unsaturated/α-hetero) is 1. The molecule has 0 aliphatic carbocycles. The average molecular weight is 389 g/mol. The highest BCUT2D eigenvalue weighted by Crippen LogP contribution is 2.28. The first-order chi connectivity index (χ1) is 10.2. The molecule has 0 saturated heterocycles. The van der Waals surface area contributed by atoms with Crippen LogP contribution in [-0.4, -0.2) is 12.1 Å². The van der Waals surface area contributed by atoms with Gasteiger partial charge in [-0.05, 0) is 31.2 Å². The van der Waals surface area contributed by atoms with Gasteiger partial charge in [-0.25, -0.2) is 0 Å². The lowest BCUT2D eigenvalue weighted by Gasteiger charge is -2.04. The van der Waals surface area contributed by atoms with E-state index in [1.54, 1.807) is 19.1 Å². The van der Waals surface area contributed by atoms with E-state index in [4.69, 9.17) is 0 Å². The Bertz CT molecular complexity index is 632. The maximum atomic E-state index is 11.9. The van der Waals surface area contributed by atoms with Gasteiger partial charge in [-0.2, -0.15) is 13.2 Å². The van der Waals surface area contributed by atoms with E-state index in [9.17, 15) is 22.8 Å². The SMILES string of the molecule is C.CC(=O)c1ccc(Br)cc1.O=Cc1ccc(C(F)(F)F)cc1. The molecule has 0 N–H and O–H groups in total. The molecule has 0 heterocycles. The molecular formula is C17H16BrF3O2. The molecule has 0 atom stereocenters. The van der Waals surface area contributed by atoms with E-state index in [0.717, 1.165) is 34.3 Å². The number of aldehydes is 1. The summed E-state index contributed by atoms with van der Waals surface area (Å²) in [5.74, 6) is 0.104. The molecule has 0 unspecified atom stereocenters. The van der Waals surface area contributed by atoms with Crippen molar-refractivity contribution in [3.05, 3.63) is 69.7 Å². The second-order valence-electron chi connectivity index (χ2n) is 4.30. The fourth-order valence-corrected chi connectivity index (χ4v) is 1.70. The summed E-state index contributed by atoms with van der Waals surface area (Å²) in [4.78, 5) is 20.8. The molecular weight excluding hydrogens is 373 g/mol. The summed E-state index contributed by atoms with van der Waals surface area (Å²) in [6.07, 6.45) is -3.83. The lowest BCUT2D eigenvalue weighted by atomic mass is 10.1. The topological polar surface area (TPSA) is 34.1 Å². The molecule has 0 aromatic heterocycles. The van der Waals surface area contributed by atoms with Crippen LogP contribution < -0.4 is 0 Å². The predicted molar refractivity (Wildman–Crippen MR) is 87.7 cm³/mol. The predicted octanol–water partition coefficient (Wildman–Crippen LogP) is 5.81. The van der Waals surface area contributed by atoms with Crippen molar-refractivity contribution in [3.8, 4) is 0 Å². The Kier molecular flexibility index (Phi) is 8.46. The Labute approximate surface area is 141 Å². The molecule has 0 saturated carbocycles. The lowest BCUT2D eigenvalue weighted by Crippen LogP contribution is -2.04. The van der Waals surface area contributed by atoms with Gasteiger partial charge in [0.25, 0.3) is 0 Å². The number of ketones is 1. The van der Waals surface area contributed by atoms with Crippen LogP contribution in [0.4, 0.5) is 13.2 Å². The van der Waals surface area contributed by atoms with Crippen molar-refractivity contribution in [2.75, 3.05) is 0 Å². The minimum atomic E-state index is -4.33. The van der Waals surface area contributed by atoms with Gasteiger partial charge in [0.1, 0.15) is 6.29 Å². The first-order valence-corrected chi connectivity index (χ1v) is 6.92. The number of hydrogen-bond acceptors (Lipinski definition) is 2. The molecule has 23 heavy (non-hydrogen) atoms. The molecule has 2 aromatic rings. The number of carbonyl (C=O) groups excluding carboxylic acids is 2. The molecule has 0 fully saturated rings. The van der Waals surface area contributed by atoms with E-state index in [2.05, 4.69) is 15.9 Å². The van der Waals surface area contributed by atoms with Gasteiger partial charge in [-0.15, -0.1) is 0 Å². The van der Waals surface area contributed by atoms with Crippen molar-refractivity contribution in [1.29, 1.82) is 0 Å². The second-order valence-corrected chi connectivity index (χ2v) is 5.22. The molecule has 0 aliphatic heterocycles. The summed E-state index contributed by atoms with van der Waals surface area (Å²) >= 11 is 3.28. The van der Waals surface area contributed by atoms with Gasteiger partial charge in [-0.1, -0.05) is 47.6 Å². The van der Waals surface area contributed by atoms with Gasteiger partial charge in [0.15, 0.2) is 5.78 Å². The lowest BCUT2D eigenvalue weighted by molar-refractivity contribution is -0.137. The Balaban J connectivity index is 0.000000409. The van der Waals surface area contributed by atoms with Crippen molar-refractivity contribution in [2.24, 2.45) is 0 Å². The maximum Gasteiger partial charge on any atom is 0.416 e. The van der Waals surface area contributed by atoms with Crippen molar-refractivity contribution >= 4 is 28.0 Å². The Hall–Kier alpha value is -1.95. The molecule has 2 aromatic carbocycles. The second kappa shape index (κ2) is 9.25. The van der Waals surface area contributed by atoms with Crippen LogP contribution in [0.15, 0.2) is 53.0 Å². The quantitative estimate of drug-likeness (QED) is 0.480. The summed E-state index contributed by atoms with van der Waals surface area (Å²) < 4.78 is 36.8. The Morgan fingerprint density at radius 1 is 1.00 bits per heavy atom. The van der Waals surface area contributed by atoms with Crippen LogP contribution in [0.3, 0.4) is 0 Å². The molecule has 2 rings (SSSR count). The van der Waals surface area contributed by atoms with Crippen molar-refractivity contribution in [1.82, 2.24) is 0 Å². The molecule has 0 amide bonds. The molecule has 0 radical (unpaired) electrons. The highest BCUT2D eigenvalue weighted by molar-refractivity contribution is 9.10. The zero-order valence-electron chi connectivity index (χ0n) is 11.5. The minimum Gasteiger partial charge on any atom is -0.298 e. The van der Waals surface area contributed by atoms with Gasteiger partial charge < -0.3 is 0 Å². The van der Waals surface area contributed by atoms with Gasteiger partial charge >= 0.3 is 6.18 Å². The summed E-state index contributed by atoms with van der Waals surface area (Å²) in [5, 5.41) is 0. The van der Waals surface area contributed by atoms with Crippen LogP contribution in [0.5, 0.6) is 0 Å². The molecule has 2 nitrogen and oxygen atoms in total. The van der Waals surface area contributed by atoms with Crippen LogP contribution in [0.25, 0.3) is 0 Å². The van der Waals surface area contributed by atoms with Gasteiger partial charge in [-0.3, -0.25) is 9.59 Å². The smallest absolute Gasteiger partial charge is 0.298 e. The first-order valence-electron chi connectivity index (χ1n) is 6.13. The zero-order valence-corrected chi connectivity index (χ0v) is 13.1. The van der Waals surface area contributed by atoms with E-state index in [1.807, 2.05) is 12.1 Å². The van der Waals surface area contributed by atoms with Crippen LogP contribution in [0, 0.1) is 0 Å². The summed E-state index contributed by atoms with van der Waals surface area (Å²) in [7, 11) is 0. The minimum absolute atomic E-state index is 0. The molecule has 6 heteroatoms. The number of hydrogen-bond donors (Lipinski definition) is 0. The third kappa shape index (κ3) is 7.23. The largest absolute Gasteiger partial charge is 0.416 e. The third-order valence-corrected chi connectivity index (χ3v) is 3.15. The molecule has 124 valence electrons. The number of alkyl halides is 3. The van der Waals surface area contributed by atoms with E-state index in [-0.39, 0.29) is 18.8 Å². The number of carbonyl (C=O) groups is 2. The summed E-state index contributed by atoms with van der Waals surface area (Å²) in [6, 6.07) is 11.3. The summed E-state index contributed by atoms with van der Waals surface area (Å²) in [5.41, 5.74) is 0.249. The molecule has 0 spiro atoms. The molecule has 0 aliphatic rings. The van der Waals surface area contributed by atoms with Crippen LogP contribution in [0.2, 0.25) is 0 Å². The monoisotopic (exact) mass is 388 g/mol. The van der Waals surface area contributed by atoms with Crippen molar-refractivity contribution in [3.63, 3.8) is 0 Å². The van der Waals surface area contributed by atoms with E-state index >= 15 is 0 Å². The van der Waals surface area contributed by atoms with Gasteiger partial charge in [0.2, 0.25) is 0 Å². The van der Waals surface area contributed by atoms with Gasteiger partial charge in [0.05, 0.1) is 5.56 Å². The zero-order chi connectivity index (χ0) is 16.8. The van der Waals surface area contributed by atoms with E-state index < -0.39 is 11.7 Å².